The summed E-state index contributed by atoms with van der Waals surface area (Å²) in [5.74, 6) is 1.56. The predicted octanol–water partition coefficient (Wildman–Crippen LogP) is 2.94. The van der Waals surface area contributed by atoms with E-state index in [0.29, 0.717) is 23.6 Å². The summed E-state index contributed by atoms with van der Waals surface area (Å²) in [7, 11) is 0. The Morgan fingerprint density at radius 1 is 1.58 bits per heavy atom. The van der Waals surface area contributed by atoms with Gasteiger partial charge in [-0.05, 0) is 31.4 Å². The van der Waals surface area contributed by atoms with Crippen molar-refractivity contribution in [2.45, 2.75) is 44.8 Å². The van der Waals surface area contributed by atoms with E-state index in [0.717, 1.165) is 12.2 Å². The van der Waals surface area contributed by atoms with Gasteiger partial charge in [-0.1, -0.05) is 19.0 Å². The first-order valence-corrected chi connectivity index (χ1v) is 7.80. The van der Waals surface area contributed by atoms with E-state index in [1.54, 1.807) is 6.92 Å². The Morgan fingerprint density at radius 2 is 2.37 bits per heavy atom. The van der Waals surface area contributed by atoms with Gasteiger partial charge in [0.25, 0.3) is 0 Å². The number of hydrogen-bond donors (Lipinski definition) is 0. The molecule has 6 heteroatoms. The zero-order valence-corrected chi connectivity index (χ0v) is 12.4. The molecule has 1 aliphatic heterocycles. The number of thioether (sulfide) groups is 1. The number of aromatic nitrogens is 2. The molecule has 19 heavy (non-hydrogen) atoms. The van der Waals surface area contributed by atoms with Gasteiger partial charge in [-0.2, -0.15) is 16.7 Å². The number of nitrogens with zero attached hydrogens (tertiary/aromatic N) is 2. The molecule has 1 aliphatic rings. The maximum absolute atomic E-state index is 12.0. The van der Waals surface area contributed by atoms with Crippen LogP contribution in [0.15, 0.2) is 4.52 Å². The molecule has 0 N–H and O–H groups in total. The maximum atomic E-state index is 12.0. The number of ether oxygens (including phenoxy) is 1. The Labute approximate surface area is 117 Å². The van der Waals surface area contributed by atoms with Crippen LogP contribution in [0.5, 0.6) is 0 Å². The molecule has 2 heterocycles. The minimum absolute atomic E-state index is 0.0728. The summed E-state index contributed by atoms with van der Waals surface area (Å²) in [6.45, 7) is 6.07. The highest BCUT2D eigenvalue weighted by atomic mass is 32.2. The first-order valence-electron chi connectivity index (χ1n) is 6.75. The van der Waals surface area contributed by atoms with Crippen LogP contribution in [0.1, 0.15) is 56.5 Å². The molecule has 0 aliphatic carbocycles. The lowest BCUT2D eigenvalue weighted by Crippen LogP contribution is -2.21. The topological polar surface area (TPSA) is 65.2 Å². The molecule has 106 valence electrons. The fraction of sp³-hybridized carbons (Fsp3) is 0.769. The van der Waals surface area contributed by atoms with E-state index < -0.39 is 5.92 Å². The number of carbonyl (C=O) groups is 1. The van der Waals surface area contributed by atoms with Crippen molar-refractivity contribution < 1.29 is 14.1 Å². The van der Waals surface area contributed by atoms with E-state index in [4.69, 9.17) is 9.26 Å². The Balaban J connectivity index is 2.15. The van der Waals surface area contributed by atoms with E-state index in [2.05, 4.69) is 10.1 Å². The average molecular weight is 284 g/mol. The van der Waals surface area contributed by atoms with E-state index in [9.17, 15) is 4.79 Å². The second kappa shape index (κ2) is 6.41. The number of rotatable bonds is 5. The van der Waals surface area contributed by atoms with Gasteiger partial charge in [0.2, 0.25) is 5.89 Å². The lowest BCUT2D eigenvalue weighted by molar-refractivity contribution is -0.146. The van der Waals surface area contributed by atoms with Crippen molar-refractivity contribution in [2.75, 3.05) is 12.4 Å². The highest BCUT2D eigenvalue weighted by Gasteiger charge is 2.32. The van der Waals surface area contributed by atoms with Crippen molar-refractivity contribution in [1.29, 1.82) is 0 Å². The third kappa shape index (κ3) is 3.29. The molecule has 1 saturated heterocycles. The fourth-order valence-electron chi connectivity index (χ4n) is 2.18. The zero-order chi connectivity index (χ0) is 13.8. The molecular weight excluding hydrogens is 264 g/mol. The predicted molar refractivity (Wildman–Crippen MR) is 72.9 cm³/mol. The molecular formula is C13H20N2O3S. The largest absolute Gasteiger partial charge is 0.465 e. The summed E-state index contributed by atoms with van der Waals surface area (Å²) >= 11 is 1.85. The molecule has 1 aromatic heterocycles. The fourth-order valence-corrected chi connectivity index (χ4v) is 3.37. The Bertz CT molecular complexity index is 427. The highest BCUT2D eigenvalue weighted by molar-refractivity contribution is 7.99. The quantitative estimate of drug-likeness (QED) is 0.775. The van der Waals surface area contributed by atoms with Crippen LogP contribution in [0, 0.1) is 5.92 Å². The second-order valence-electron chi connectivity index (χ2n) is 4.97. The molecule has 0 spiro atoms. The van der Waals surface area contributed by atoms with E-state index in [1.807, 2.05) is 25.6 Å². The van der Waals surface area contributed by atoms with Crippen LogP contribution in [-0.2, 0) is 9.53 Å². The number of carbonyl (C=O) groups excluding carboxylic acids is 1. The van der Waals surface area contributed by atoms with Gasteiger partial charge in [0, 0.05) is 0 Å². The van der Waals surface area contributed by atoms with Crippen molar-refractivity contribution >= 4 is 17.7 Å². The molecule has 0 aromatic carbocycles. The summed E-state index contributed by atoms with van der Waals surface area (Å²) in [6.07, 6.45) is 2.26. The van der Waals surface area contributed by atoms with Crippen LogP contribution in [0.4, 0.5) is 0 Å². The molecule has 2 unspecified atom stereocenters. The van der Waals surface area contributed by atoms with Crippen molar-refractivity contribution in [3.05, 3.63) is 11.7 Å². The molecule has 2 atom stereocenters. The summed E-state index contributed by atoms with van der Waals surface area (Å²) in [5.41, 5.74) is 0. The summed E-state index contributed by atoms with van der Waals surface area (Å²) < 4.78 is 10.4. The molecule has 2 rings (SSSR count). The summed E-state index contributed by atoms with van der Waals surface area (Å²) in [5, 5.41) is 4.34. The van der Waals surface area contributed by atoms with Gasteiger partial charge in [0.05, 0.1) is 11.9 Å². The van der Waals surface area contributed by atoms with Crippen molar-refractivity contribution in [2.24, 2.45) is 5.92 Å². The van der Waals surface area contributed by atoms with Crippen LogP contribution in [0.2, 0.25) is 0 Å². The Kier molecular flexibility index (Phi) is 4.85. The first-order chi connectivity index (χ1) is 9.13. The molecule has 1 aromatic rings. The van der Waals surface area contributed by atoms with E-state index >= 15 is 0 Å². The molecule has 0 amide bonds. The third-order valence-corrected chi connectivity index (χ3v) is 4.52. The van der Waals surface area contributed by atoms with E-state index in [1.165, 1.54) is 6.42 Å². The monoisotopic (exact) mass is 284 g/mol. The van der Waals surface area contributed by atoms with Crippen LogP contribution >= 0.6 is 11.8 Å². The minimum atomic E-state index is -0.465. The molecule has 1 fully saturated rings. The zero-order valence-electron chi connectivity index (χ0n) is 11.6. The summed E-state index contributed by atoms with van der Waals surface area (Å²) in [4.78, 5) is 16.4. The van der Waals surface area contributed by atoms with Crippen LogP contribution in [0.25, 0.3) is 0 Å². The Morgan fingerprint density at radius 3 is 2.95 bits per heavy atom. The van der Waals surface area contributed by atoms with Crippen LogP contribution in [-0.4, -0.2) is 28.5 Å². The number of hydrogen-bond acceptors (Lipinski definition) is 6. The normalized spacial score (nSPS) is 20.7. The lowest BCUT2D eigenvalue weighted by Gasteiger charge is -2.14. The van der Waals surface area contributed by atoms with Crippen molar-refractivity contribution in [3.63, 3.8) is 0 Å². The lowest BCUT2D eigenvalue weighted by atomic mass is 9.96. The van der Waals surface area contributed by atoms with Gasteiger partial charge >= 0.3 is 5.97 Å². The smallest absolute Gasteiger partial charge is 0.318 e. The Hall–Kier alpha value is -1.04. The molecule has 0 saturated carbocycles. The van der Waals surface area contributed by atoms with Gasteiger partial charge in [0.15, 0.2) is 5.82 Å². The van der Waals surface area contributed by atoms with Crippen LogP contribution < -0.4 is 0 Å². The highest BCUT2D eigenvalue weighted by Crippen LogP contribution is 2.39. The van der Waals surface area contributed by atoms with Gasteiger partial charge in [0.1, 0.15) is 5.92 Å². The van der Waals surface area contributed by atoms with Gasteiger partial charge < -0.3 is 9.26 Å². The number of esters is 1. The standard InChI is InChI=1S/C13H20N2O3S/c1-4-17-13(16)10(8(2)3)12-14-11(15-18-12)9-6-5-7-19-9/h8-10H,4-7H2,1-3H3. The molecule has 0 bridgehead atoms. The maximum Gasteiger partial charge on any atom is 0.318 e. The van der Waals surface area contributed by atoms with Gasteiger partial charge in [-0.25, -0.2) is 0 Å². The third-order valence-electron chi connectivity index (χ3n) is 3.15. The van der Waals surface area contributed by atoms with Gasteiger partial charge in [-0.15, -0.1) is 0 Å². The molecule has 0 radical (unpaired) electrons. The SMILES string of the molecule is CCOC(=O)C(c1nc(C2CCCS2)no1)C(C)C. The molecule has 5 nitrogen and oxygen atoms in total. The summed E-state index contributed by atoms with van der Waals surface area (Å²) in [6, 6.07) is 0. The van der Waals surface area contributed by atoms with E-state index in [-0.39, 0.29) is 11.9 Å². The van der Waals surface area contributed by atoms with Crippen molar-refractivity contribution in [1.82, 2.24) is 10.1 Å². The van der Waals surface area contributed by atoms with Crippen LogP contribution in [0.3, 0.4) is 0 Å². The average Bonchev–Trinajstić information content (AvgIpc) is 2.98. The first kappa shape index (κ1) is 14.4. The van der Waals surface area contributed by atoms with Gasteiger partial charge in [-0.3, -0.25) is 4.79 Å². The second-order valence-corrected chi connectivity index (χ2v) is 6.28. The minimum Gasteiger partial charge on any atom is -0.465 e. The van der Waals surface area contributed by atoms with Crippen molar-refractivity contribution in [3.8, 4) is 0 Å².